The van der Waals surface area contributed by atoms with Crippen LogP contribution in [-0.4, -0.2) is 13.9 Å². The van der Waals surface area contributed by atoms with E-state index < -0.39 is 15.6 Å². The van der Waals surface area contributed by atoms with E-state index in [4.69, 9.17) is 15.8 Å². The molecule has 0 aliphatic rings. The maximum Gasteiger partial charge on any atom is 0.534 e. The number of halogens is 4. The number of rotatable bonds is 5. The Morgan fingerprint density at radius 2 is 1.45 bits per heavy atom. The SMILES string of the molecule is Cc1cccc(-c2sc(-c3ccc(Cl)cc3)c(-c3ccccc3)c2OS(=O)(=O)C(F)(F)F)c1. The van der Waals surface area contributed by atoms with E-state index >= 15 is 0 Å². The molecule has 33 heavy (non-hydrogen) atoms. The first-order chi connectivity index (χ1) is 15.6. The van der Waals surface area contributed by atoms with Crippen molar-refractivity contribution in [1.29, 1.82) is 0 Å². The minimum absolute atomic E-state index is 0.257. The molecule has 0 saturated heterocycles. The summed E-state index contributed by atoms with van der Waals surface area (Å²) in [7, 11) is -5.91. The number of aryl methyl sites for hydroxylation is 1. The molecule has 3 aromatic carbocycles. The molecule has 0 bridgehead atoms. The standard InChI is InChI=1S/C24H16ClF3O3S2/c1-15-6-5-9-18(14-15)23-21(31-33(29,30)24(26,27)28)20(16-7-3-2-4-8-16)22(32-23)17-10-12-19(25)13-11-17/h2-14H,1H3. The number of alkyl halides is 3. The Kier molecular flexibility index (Phi) is 6.26. The first kappa shape index (κ1) is 23.4. The van der Waals surface area contributed by atoms with Gasteiger partial charge in [0.2, 0.25) is 0 Å². The van der Waals surface area contributed by atoms with Gasteiger partial charge < -0.3 is 4.18 Å². The predicted octanol–water partition coefficient (Wildman–Crippen LogP) is 7.94. The number of hydrogen-bond donors (Lipinski definition) is 0. The maximum atomic E-state index is 13.3. The van der Waals surface area contributed by atoms with Crippen LogP contribution in [0.3, 0.4) is 0 Å². The lowest BCUT2D eigenvalue weighted by Gasteiger charge is -2.13. The van der Waals surface area contributed by atoms with Crippen LogP contribution in [0.2, 0.25) is 5.02 Å². The molecule has 0 unspecified atom stereocenters. The van der Waals surface area contributed by atoms with Crippen LogP contribution in [0.4, 0.5) is 13.2 Å². The Labute approximate surface area is 198 Å². The van der Waals surface area contributed by atoms with E-state index in [1.165, 1.54) is 0 Å². The molecule has 0 aliphatic carbocycles. The van der Waals surface area contributed by atoms with Crippen LogP contribution in [0.5, 0.6) is 5.75 Å². The van der Waals surface area contributed by atoms with Crippen molar-refractivity contribution in [3.8, 4) is 37.8 Å². The van der Waals surface area contributed by atoms with Crippen molar-refractivity contribution in [3.63, 3.8) is 0 Å². The molecule has 3 nitrogen and oxygen atoms in total. The first-order valence-electron chi connectivity index (χ1n) is 9.63. The van der Waals surface area contributed by atoms with E-state index in [0.717, 1.165) is 16.9 Å². The Balaban J connectivity index is 2.07. The van der Waals surface area contributed by atoms with Crippen LogP contribution in [-0.2, 0) is 10.1 Å². The fourth-order valence-corrected chi connectivity index (χ4v) is 5.21. The van der Waals surface area contributed by atoms with Crippen LogP contribution in [0, 0.1) is 6.92 Å². The highest BCUT2D eigenvalue weighted by molar-refractivity contribution is 7.88. The van der Waals surface area contributed by atoms with Crippen LogP contribution < -0.4 is 4.18 Å². The van der Waals surface area contributed by atoms with Gasteiger partial charge in [-0.05, 0) is 35.7 Å². The van der Waals surface area contributed by atoms with E-state index in [2.05, 4.69) is 0 Å². The van der Waals surface area contributed by atoms with Gasteiger partial charge in [-0.15, -0.1) is 11.3 Å². The quantitative estimate of drug-likeness (QED) is 0.203. The third kappa shape index (κ3) is 4.78. The molecule has 9 heteroatoms. The molecule has 4 aromatic rings. The second-order valence-electron chi connectivity index (χ2n) is 7.19. The zero-order valence-corrected chi connectivity index (χ0v) is 19.4. The molecule has 0 saturated carbocycles. The minimum atomic E-state index is -5.91. The van der Waals surface area contributed by atoms with Gasteiger partial charge in [0, 0.05) is 15.5 Å². The van der Waals surface area contributed by atoms with Gasteiger partial charge in [-0.2, -0.15) is 21.6 Å². The van der Waals surface area contributed by atoms with Crippen molar-refractivity contribution in [2.75, 3.05) is 0 Å². The number of thiophene rings is 1. The predicted molar refractivity (Wildman–Crippen MR) is 126 cm³/mol. The summed E-state index contributed by atoms with van der Waals surface area (Å²) in [5.41, 5.74) is -2.73. The molecule has 0 fully saturated rings. The van der Waals surface area contributed by atoms with Crippen molar-refractivity contribution >= 4 is 33.1 Å². The average molecular weight is 509 g/mol. The van der Waals surface area contributed by atoms with Crippen molar-refractivity contribution in [3.05, 3.63) is 89.4 Å². The molecular formula is C24H16ClF3O3S2. The van der Waals surface area contributed by atoms with Gasteiger partial charge in [0.05, 0.1) is 4.88 Å². The molecule has 0 spiro atoms. The summed E-state index contributed by atoms with van der Waals surface area (Å²) in [6.07, 6.45) is 0. The fourth-order valence-electron chi connectivity index (χ4n) is 3.30. The molecule has 4 rings (SSSR count). The largest absolute Gasteiger partial charge is 0.534 e. The summed E-state index contributed by atoms with van der Waals surface area (Å²) in [4.78, 5) is 0.831. The summed E-state index contributed by atoms with van der Waals surface area (Å²) in [6.45, 7) is 1.84. The molecule has 0 N–H and O–H groups in total. The second-order valence-corrected chi connectivity index (χ2v) is 10.2. The van der Waals surface area contributed by atoms with Gasteiger partial charge in [0.25, 0.3) is 0 Å². The molecule has 0 atom stereocenters. The first-order valence-corrected chi connectivity index (χ1v) is 12.2. The lowest BCUT2D eigenvalue weighted by atomic mass is 10.00. The topological polar surface area (TPSA) is 43.4 Å². The molecule has 0 amide bonds. The smallest absolute Gasteiger partial charge is 0.374 e. The summed E-state index contributed by atoms with van der Waals surface area (Å²) in [5, 5.41) is 0.492. The highest BCUT2D eigenvalue weighted by Crippen LogP contribution is 2.53. The number of benzene rings is 3. The van der Waals surface area contributed by atoms with Crippen molar-refractivity contribution in [2.24, 2.45) is 0 Å². The molecular weight excluding hydrogens is 493 g/mol. The third-order valence-corrected chi connectivity index (χ3v) is 7.26. The minimum Gasteiger partial charge on any atom is -0.374 e. The Bertz CT molecular complexity index is 1400. The average Bonchev–Trinajstić information content (AvgIpc) is 3.12. The van der Waals surface area contributed by atoms with Gasteiger partial charge in [-0.1, -0.05) is 83.9 Å². The maximum absolute atomic E-state index is 13.3. The van der Waals surface area contributed by atoms with Crippen LogP contribution in [0.1, 0.15) is 5.56 Å². The highest BCUT2D eigenvalue weighted by Gasteiger charge is 2.49. The Morgan fingerprint density at radius 1 is 0.818 bits per heavy atom. The third-order valence-electron chi connectivity index (χ3n) is 4.79. The van der Waals surface area contributed by atoms with Crippen molar-refractivity contribution in [2.45, 2.75) is 12.4 Å². The summed E-state index contributed by atoms with van der Waals surface area (Å²) >= 11 is 7.17. The second kappa shape index (κ2) is 8.85. The number of hydrogen-bond acceptors (Lipinski definition) is 4. The van der Waals surface area contributed by atoms with Gasteiger partial charge >= 0.3 is 15.6 Å². The monoisotopic (exact) mass is 508 g/mol. The van der Waals surface area contributed by atoms with Crippen LogP contribution >= 0.6 is 22.9 Å². The lowest BCUT2D eigenvalue weighted by Crippen LogP contribution is -2.28. The van der Waals surface area contributed by atoms with E-state index in [1.807, 2.05) is 13.0 Å². The zero-order valence-electron chi connectivity index (χ0n) is 17.1. The normalized spacial score (nSPS) is 12.0. The summed E-state index contributed by atoms with van der Waals surface area (Å²) in [6, 6.07) is 22.4. The van der Waals surface area contributed by atoms with Crippen molar-refractivity contribution in [1.82, 2.24) is 0 Å². The molecule has 0 radical (unpaired) electrons. The Morgan fingerprint density at radius 3 is 2.06 bits per heavy atom. The fraction of sp³-hybridized carbons (Fsp3) is 0.0833. The van der Waals surface area contributed by atoms with Gasteiger partial charge in [0.1, 0.15) is 0 Å². The Hall–Kier alpha value is -2.81. The van der Waals surface area contributed by atoms with Gasteiger partial charge in [-0.3, -0.25) is 0 Å². The van der Waals surface area contributed by atoms with E-state index in [1.54, 1.807) is 72.8 Å². The summed E-state index contributed by atoms with van der Waals surface area (Å²) < 4.78 is 68.9. The lowest BCUT2D eigenvalue weighted by molar-refractivity contribution is -0.0499. The van der Waals surface area contributed by atoms with E-state index in [-0.39, 0.29) is 16.2 Å². The molecule has 1 heterocycles. The van der Waals surface area contributed by atoms with Crippen LogP contribution in [0.25, 0.3) is 32.0 Å². The van der Waals surface area contributed by atoms with Gasteiger partial charge in [-0.25, -0.2) is 0 Å². The zero-order chi connectivity index (χ0) is 23.8. The van der Waals surface area contributed by atoms with Crippen molar-refractivity contribution < 1.29 is 25.8 Å². The van der Waals surface area contributed by atoms with E-state index in [0.29, 0.717) is 26.6 Å². The summed E-state index contributed by atoms with van der Waals surface area (Å²) in [5.74, 6) is -0.362. The highest BCUT2D eigenvalue weighted by atomic mass is 35.5. The molecule has 0 aliphatic heterocycles. The van der Waals surface area contributed by atoms with Crippen LogP contribution in [0.15, 0.2) is 78.9 Å². The van der Waals surface area contributed by atoms with E-state index in [9.17, 15) is 21.6 Å². The van der Waals surface area contributed by atoms with Gasteiger partial charge in [0.15, 0.2) is 5.75 Å². The molecule has 170 valence electrons. The molecule has 1 aromatic heterocycles.